The maximum atomic E-state index is 6.30. The van der Waals surface area contributed by atoms with E-state index in [2.05, 4.69) is 18.7 Å². The van der Waals surface area contributed by atoms with Gasteiger partial charge in [0.25, 0.3) is 0 Å². The predicted molar refractivity (Wildman–Crippen MR) is 94.1 cm³/mol. The van der Waals surface area contributed by atoms with Gasteiger partial charge in [0.1, 0.15) is 0 Å². The van der Waals surface area contributed by atoms with Crippen molar-refractivity contribution in [1.82, 2.24) is 19.2 Å². The van der Waals surface area contributed by atoms with Crippen molar-refractivity contribution in [3.05, 3.63) is 34.1 Å². The summed E-state index contributed by atoms with van der Waals surface area (Å²) in [5, 5.41) is 5.37. The number of hydrogen-bond acceptors (Lipinski definition) is 4. The second-order valence-electron chi connectivity index (χ2n) is 6.08. The Bertz CT molecular complexity index is 747. The SMILES string of the molecule is C[C@H]1CN(Cn2nc(-c3ccccc3Cl)n(C)c2=S)C[C@H](C)O1. The molecular formula is C16H21ClN4OS. The number of morpholine rings is 1. The zero-order valence-corrected chi connectivity index (χ0v) is 15.1. The van der Waals surface area contributed by atoms with Crippen LogP contribution in [0.3, 0.4) is 0 Å². The van der Waals surface area contributed by atoms with Crippen LogP contribution in [0.4, 0.5) is 0 Å². The Morgan fingerprint density at radius 3 is 2.57 bits per heavy atom. The molecule has 0 radical (unpaired) electrons. The number of hydrogen-bond donors (Lipinski definition) is 0. The summed E-state index contributed by atoms with van der Waals surface area (Å²) in [5.41, 5.74) is 0.894. The van der Waals surface area contributed by atoms with Crippen molar-refractivity contribution in [2.24, 2.45) is 7.05 Å². The van der Waals surface area contributed by atoms with Crippen molar-refractivity contribution in [1.29, 1.82) is 0 Å². The molecule has 7 heteroatoms. The first-order chi connectivity index (χ1) is 11.0. The zero-order chi connectivity index (χ0) is 16.6. The molecule has 1 aliphatic heterocycles. The van der Waals surface area contributed by atoms with Gasteiger partial charge in [-0.25, -0.2) is 4.68 Å². The highest BCUT2D eigenvalue weighted by Gasteiger charge is 2.23. The summed E-state index contributed by atoms with van der Waals surface area (Å²) in [7, 11) is 1.93. The normalized spacial score (nSPS) is 22.4. The number of benzene rings is 1. The molecule has 124 valence electrons. The van der Waals surface area contributed by atoms with Gasteiger partial charge in [0, 0.05) is 25.7 Å². The van der Waals surface area contributed by atoms with Crippen LogP contribution in [0, 0.1) is 4.77 Å². The molecule has 0 saturated carbocycles. The van der Waals surface area contributed by atoms with E-state index in [1.807, 2.05) is 40.6 Å². The molecule has 0 amide bonds. The molecule has 1 fully saturated rings. The highest BCUT2D eigenvalue weighted by Crippen LogP contribution is 2.26. The molecule has 3 rings (SSSR count). The van der Waals surface area contributed by atoms with Crippen LogP contribution in [0.15, 0.2) is 24.3 Å². The van der Waals surface area contributed by atoms with Crippen LogP contribution < -0.4 is 0 Å². The first kappa shape index (κ1) is 16.6. The van der Waals surface area contributed by atoms with Crippen LogP contribution in [0.1, 0.15) is 13.8 Å². The molecule has 2 heterocycles. The molecule has 1 aromatic carbocycles. The van der Waals surface area contributed by atoms with Crippen LogP contribution in [0.2, 0.25) is 5.02 Å². The summed E-state index contributed by atoms with van der Waals surface area (Å²) >= 11 is 11.8. The Hall–Kier alpha value is -1.21. The lowest BCUT2D eigenvalue weighted by atomic mass is 10.2. The summed E-state index contributed by atoms with van der Waals surface area (Å²) in [6.45, 7) is 6.61. The quantitative estimate of drug-likeness (QED) is 0.794. The van der Waals surface area contributed by atoms with Gasteiger partial charge in [-0.15, -0.1) is 0 Å². The monoisotopic (exact) mass is 352 g/mol. The average molecular weight is 353 g/mol. The Kier molecular flexibility index (Phi) is 4.87. The third-order valence-corrected chi connectivity index (χ3v) is 4.80. The number of ether oxygens (including phenoxy) is 1. The van der Waals surface area contributed by atoms with Crippen LogP contribution in [-0.2, 0) is 18.5 Å². The van der Waals surface area contributed by atoms with Crippen molar-refractivity contribution in [2.45, 2.75) is 32.7 Å². The third kappa shape index (κ3) is 3.50. The fraction of sp³-hybridized carbons (Fsp3) is 0.500. The molecule has 5 nitrogen and oxygen atoms in total. The standard InChI is InChI=1S/C16H21ClN4OS/c1-11-8-20(9-12(2)22-11)10-21-16(23)19(3)15(18-21)13-6-4-5-7-14(13)17/h4-7,11-12H,8-10H2,1-3H3/t11-,12-/m0/s1. The maximum absolute atomic E-state index is 6.30. The minimum Gasteiger partial charge on any atom is -0.373 e. The smallest absolute Gasteiger partial charge is 0.199 e. The van der Waals surface area contributed by atoms with Crippen molar-refractivity contribution < 1.29 is 4.74 Å². The minimum atomic E-state index is 0.222. The lowest BCUT2D eigenvalue weighted by Gasteiger charge is -2.34. The van der Waals surface area contributed by atoms with Gasteiger partial charge in [0.05, 0.1) is 23.9 Å². The molecule has 0 spiro atoms. The van der Waals surface area contributed by atoms with Crippen LogP contribution >= 0.6 is 23.8 Å². The highest BCUT2D eigenvalue weighted by molar-refractivity contribution is 7.71. The van der Waals surface area contributed by atoms with Crippen molar-refractivity contribution >= 4 is 23.8 Å². The van der Waals surface area contributed by atoms with Gasteiger partial charge in [-0.05, 0) is 38.2 Å². The van der Waals surface area contributed by atoms with Crippen LogP contribution in [0.25, 0.3) is 11.4 Å². The largest absolute Gasteiger partial charge is 0.373 e. The van der Waals surface area contributed by atoms with E-state index in [4.69, 9.17) is 33.7 Å². The summed E-state index contributed by atoms with van der Waals surface area (Å²) in [5.74, 6) is 0.787. The van der Waals surface area contributed by atoms with E-state index in [1.165, 1.54) is 0 Å². The second kappa shape index (κ2) is 6.73. The molecule has 2 aromatic rings. The molecule has 1 saturated heterocycles. The average Bonchev–Trinajstić information content (AvgIpc) is 2.75. The van der Waals surface area contributed by atoms with Crippen molar-refractivity contribution in [2.75, 3.05) is 13.1 Å². The fourth-order valence-electron chi connectivity index (χ4n) is 3.05. The van der Waals surface area contributed by atoms with Crippen LogP contribution in [0.5, 0.6) is 0 Å². The molecule has 0 unspecified atom stereocenters. The van der Waals surface area contributed by atoms with E-state index >= 15 is 0 Å². The number of halogens is 1. The van der Waals surface area contributed by atoms with E-state index in [0.29, 0.717) is 16.5 Å². The fourth-order valence-corrected chi connectivity index (χ4v) is 3.45. The molecule has 0 bridgehead atoms. The number of aromatic nitrogens is 3. The molecule has 0 aliphatic carbocycles. The Balaban J connectivity index is 1.89. The lowest BCUT2D eigenvalue weighted by molar-refractivity contribution is -0.0777. The van der Waals surface area contributed by atoms with Gasteiger partial charge < -0.3 is 9.30 Å². The zero-order valence-electron chi connectivity index (χ0n) is 13.6. The van der Waals surface area contributed by atoms with Gasteiger partial charge in [-0.2, -0.15) is 5.10 Å². The Morgan fingerprint density at radius 1 is 1.26 bits per heavy atom. The Morgan fingerprint density at radius 2 is 1.91 bits per heavy atom. The highest BCUT2D eigenvalue weighted by atomic mass is 35.5. The molecule has 1 aromatic heterocycles. The molecule has 1 aliphatic rings. The minimum absolute atomic E-state index is 0.222. The molecule has 0 N–H and O–H groups in total. The maximum Gasteiger partial charge on any atom is 0.199 e. The van der Waals surface area contributed by atoms with E-state index in [9.17, 15) is 0 Å². The summed E-state index contributed by atoms with van der Waals surface area (Å²) in [4.78, 5) is 2.32. The number of nitrogens with zero attached hydrogens (tertiary/aromatic N) is 4. The first-order valence-corrected chi connectivity index (χ1v) is 8.51. The van der Waals surface area contributed by atoms with E-state index in [-0.39, 0.29) is 12.2 Å². The van der Waals surface area contributed by atoms with Gasteiger partial charge in [-0.1, -0.05) is 23.7 Å². The molecule has 2 atom stereocenters. The topological polar surface area (TPSA) is 35.2 Å². The Labute approximate surface area is 146 Å². The van der Waals surface area contributed by atoms with E-state index < -0.39 is 0 Å². The van der Waals surface area contributed by atoms with Gasteiger partial charge in [-0.3, -0.25) is 4.90 Å². The third-order valence-electron chi connectivity index (χ3n) is 3.98. The second-order valence-corrected chi connectivity index (χ2v) is 6.85. The predicted octanol–water partition coefficient (Wildman–Crippen LogP) is 3.34. The molecule has 23 heavy (non-hydrogen) atoms. The van der Waals surface area contributed by atoms with Crippen molar-refractivity contribution in [3.8, 4) is 11.4 Å². The first-order valence-electron chi connectivity index (χ1n) is 7.72. The van der Waals surface area contributed by atoms with E-state index in [0.717, 1.165) is 24.5 Å². The van der Waals surface area contributed by atoms with Gasteiger partial charge in [0.15, 0.2) is 10.6 Å². The van der Waals surface area contributed by atoms with Crippen molar-refractivity contribution in [3.63, 3.8) is 0 Å². The van der Waals surface area contributed by atoms with E-state index in [1.54, 1.807) is 0 Å². The molecular weight excluding hydrogens is 332 g/mol. The van der Waals surface area contributed by atoms with Gasteiger partial charge >= 0.3 is 0 Å². The summed E-state index contributed by atoms with van der Waals surface area (Å²) in [6.07, 6.45) is 0.444. The summed E-state index contributed by atoms with van der Waals surface area (Å²) < 4.78 is 10.2. The number of rotatable bonds is 3. The summed E-state index contributed by atoms with van der Waals surface area (Å²) in [6, 6.07) is 7.69. The van der Waals surface area contributed by atoms with Crippen LogP contribution in [-0.4, -0.2) is 44.5 Å². The van der Waals surface area contributed by atoms with Gasteiger partial charge in [0.2, 0.25) is 0 Å². The lowest BCUT2D eigenvalue weighted by Crippen LogP contribution is -2.46.